The Balaban J connectivity index is 4.25. The molecule has 0 fully saturated rings. The molecule has 0 spiro atoms. The van der Waals surface area contributed by atoms with Crippen molar-refractivity contribution in [3.8, 4) is 0 Å². The number of aliphatic hydroxyl groups excluding tert-OH is 1. The summed E-state index contributed by atoms with van der Waals surface area (Å²) in [5, 5.41) is 14.0. The van der Waals surface area contributed by atoms with Crippen molar-refractivity contribution >= 4 is 13.7 Å². The van der Waals surface area contributed by atoms with Crippen molar-refractivity contribution < 1.29 is 32.9 Å². The van der Waals surface area contributed by atoms with E-state index >= 15 is 0 Å². The maximum atomic E-state index is 12.9. The molecule has 56 heavy (non-hydrogen) atoms. The summed E-state index contributed by atoms with van der Waals surface area (Å²) in [7, 11) is 1.63. The van der Waals surface area contributed by atoms with Gasteiger partial charge in [0.1, 0.15) is 13.2 Å². The molecular weight excluding hydrogens is 719 g/mol. The van der Waals surface area contributed by atoms with Crippen LogP contribution in [0.2, 0.25) is 0 Å². The summed E-state index contributed by atoms with van der Waals surface area (Å²) in [6, 6.07) is -0.753. The molecular formula is C47H98N2O6P+. The first kappa shape index (κ1) is 55.5. The van der Waals surface area contributed by atoms with Gasteiger partial charge in [0.25, 0.3) is 0 Å². The van der Waals surface area contributed by atoms with Crippen LogP contribution in [0, 0.1) is 0 Å². The van der Waals surface area contributed by atoms with Gasteiger partial charge in [-0.05, 0) is 12.8 Å². The topological polar surface area (TPSA) is 105 Å². The largest absolute Gasteiger partial charge is 0.472 e. The van der Waals surface area contributed by atoms with Crippen LogP contribution in [0.5, 0.6) is 0 Å². The highest BCUT2D eigenvalue weighted by molar-refractivity contribution is 7.47. The highest BCUT2D eigenvalue weighted by Crippen LogP contribution is 2.43. The molecule has 0 aliphatic heterocycles. The molecule has 0 aromatic heterocycles. The highest BCUT2D eigenvalue weighted by atomic mass is 31.2. The Morgan fingerprint density at radius 2 is 0.857 bits per heavy atom. The predicted octanol–water partition coefficient (Wildman–Crippen LogP) is 13.8. The molecule has 3 unspecified atom stereocenters. The molecule has 0 heterocycles. The van der Waals surface area contributed by atoms with Gasteiger partial charge in [-0.3, -0.25) is 13.8 Å². The van der Waals surface area contributed by atoms with Gasteiger partial charge in [0.2, 0.25) is 5.91 Å². The van der Waals surface area contributed by atoms with Gasteiger partial charge in [-0.25, -0.2) is 4.57 Å². The molecule has 0 rings (SSSR count). The first-order valence-corrected chi connectivity index (χ1v) is 25.9. The fraction of sp³-hybridized carbons (Fsp3) is 0.979. The van der Waals surface area contributed by atoms with E-state index in [4.69, 9.17) is 9.05 Å². The number of likely N-dealkylation sites (N-methyl/N-ethyl adjacent to an activating group) is 1. The lowest BCUT2D eigenvalue weighted by molar-refractivity contribution is -0.870. The highest BCUT2D eigenvalue weighted by Gasteiger charge is 2.28. The molecule has 1 amide bonds. The second kappa shape index (κ2) is 39.9. The van der Waals surface area contributed by atoms with Gasteiger partial charge in [-0.15, -0.1) is 0 Å². The third kappa shape index (κ3) is 41.7. The van der Waals surface area contributed by atoms with Gasteiger partial charge in [0.15, 0.2) is 0 Å². The number of unbranched alkanes of at least 4 members (excludes halogenated alkanes) is 32. The minimum Gasteiger partial charge on any atom is -0.391 e. The second-order valence-corrected chi connectivity index (χ2v) is 19.7. The maximum Gasteiger partial charge on any atom is 0.472 e. The van der Waals surface area contributed by atoms with Crippen molar-refractivity contribution in [2.75, 3.05) is 40.9 Å². The maximum absolute atomic E-state index is 12.9. The Bertz CT molecular complexity index is 885. The fourth-order valence-electron chi connectivity index (χ4n) is 7.46. The first-order chi connectivity index (χ1) is 27.0. The van der Waals surface area contributed by atoms with Gasteiger partial charge in [-0.2, -0.15) is 0 Å². The fourth-order valence-corrected chi connectivity index (χ4v) is 8.20. The van der Waals surface area contributed by atoms with Crippen LogP contribution >= 0.6 is 7.82 Å². The Hall–Kier alpha value is -0.500. The van der Waals surface area contributed by atoms with Crippen LogP contribution in [0.1, 0.15) is 245 Å². The molecule has 0 aromatic carbocycles. The molecule has 0 saturated carbocycles. The molecule has 0 aliphatic rings. The van der Waals surface area contributed by atoms with E-state index < -0.39 is 20.0 Å². The van der Waals surface area contributed by atoms with Gasteiger partial charge < -0.3 is 19.8 Å². The molecule has 0 bridgehead atoms. The number of aliphatic hydroxyl groups is 1. The average Bonchev–Trinajstić information content (AvgIpc) is 3.15. The van der Waals surface area contributed by atoms with Crippen LogP contribution in [0.15, 0.2) is 0 Å². The third-order valence-electron chi connectivity index (χ3n) is 11.4. The summed E-state index contributed by atoms with van der Waals surface area (Å²) < 4.78 is 23.7. The summed E-state index contributed by atoms with van der Waals surface area (Å²) in [4.78, 5) is 23.2. The van der Waals surface area contributed by atoms with E-state index in [2.05, 4.69) is 19.2 Å². The number of quaternary nitrogens is 1. The summed E-state index contributed by atoms with van der Waals surface area (Å²) in [6.45, 7) is 4.92. The number of amides is 1. The van der Waals surface area contributed by atoms with Gasteiger partial charge in [0.05, 0.1) is 39.9 Å². The Kier molecular flexibility index (Phi) is 39.6. The lowest BCUT2D eigenvalue weighted by Gasteiger charge is -2.26. The zero-order valence-electron chi connectivity index (χ0n) is 38.2. The summed E-state index contributed by atoms with van der Waals surface area (Å²) in [5.74, 6) is -0.140. The number of nitrogens with zero attached hydrogens (tertiary/aromatic N) is 1. The molecule has 0 aliphatic carbocycles. The van der Waals surface area contributed by atoms with Crippen molar-refractivity contribution in [1.82, 2.24) is 5.32 Å². The average molecular weight is 818 g/mol. The minimum atomic E-state index is -4.31. The molecule has 0 aromatic rings. The van der Waals surface area contributed by atoms with Crippen molar-refractivity contribution in [3.63, 3.8) is 0 Å². The number of rotatable bonds is 45. The number of carbonyl (C=O) groups is 1. The van der Waals surface area contributed by atoms with E-state index in [1.807, 2.05) is 21.1 Å². The molecule has 336 valence electrons. The Morgan fingerprint density at radius 1 is 0.536 bits per heavy atom. The Labute approximate surface area is 349 Å². The molecule has 3 N–H and O–H groups in total. The van der Waals surface area contributed by atoms with E-state index in [9.17, 15) is 19.4 Å². The molecule has 0 saturated heterocycles. The van der Waals surface area contributed by atoms with Gasteiger partial charge in [0, 0.05) is 6.42 Å². The second-order valence-electron chi connectivity index (χ2n) is 18.2. The quantitative estimate of drug-likeness (QED) is 0.0321. The number of hydrogen-bond donors (Lipinski definition) is 3. The van der Waals surface area contributed by atoms with Crippen LogP contribution in [0.3, 0.4) is 0 Å². The van der Waals surface area contributed by atoms with Crippen molar-refractivity contribution in [3.05, 3.63) is 0 Å². The molecule has 3 atom stereocenters. The van der Waals surface area contributed by atoms with E-state index in [1.165, 1.54) is 180 Å². The molecule has 0 radical (unpaired) electrons. The van der Waals surface area contributed by atoms with Crippen LogP contribution in [-0.4, -0.2) is 73.4 Å². The third-order valence-corrected chi connectivity index (χ3v) is 12.3. The zero-order chi connectivity index (χ0) is 41.4. The number of nitrogens with one attached hydrogen (secondary N) is 1. The Morgan fingerprint density at radius 3 is 1.20 bits per heavy atom. The SMILES string of the molecule is CCCCCCCCCCCCCCCCCCCCCCC(O)C(COP(=O)(O)OCC[N+](C)(C)C)NC(=O)CCCCCCCCCCCCCCCC. The van der Waals surface area contributed by atoms with Crippen molar-refractivity contribution in [2.45, 2.75) is 257 Å². The predicted molar refractivity (Wildman–Crippen MR) is 240 cm³/mol. The number of phosphoric ester groups is 1. The molecule has 8 nitrogen and oxygen atoms in total. The summed E-state index contributed by atoms with van der Waals surface area (Å²) >= 11 is 0. The standard InChI is InChI=1S/C47H97N2O6P/c1-6-8-10-12-14-16-18-20-22-23-24-25-26-27-28-30-32-34-36-38-40-46(50)45(44-55-56(52,53)54-43-42-49(3,4)5)48-47(51)41-39-37-35-33-31-29-21-19-17-15-13-11-9-7-2/h45-46,50H,6-44H2,1-5H3,(H-,48,51,52,53)/p+1. The van der Waals surface area contributed by atoms with Crippen LogP contribution in [-0.2, 0) is 18.4 Å². The lowest BCUT2D eigenvalue weighted by Crippen LogP contribution is -2.46. The first-order valence-electron chi connectivity index (χ1n) is 24.4. The van der Waals surface area contributed by atoms with E-state index in [-0.39, 0.29) is 19.1 Å². The van der Waals surface area contributed by atoms with E-state index in [1.54, 1.807) is 0 Å². The normalized spacial score (nSPS) is 14.2. The van der Waals surface area contributed by atoms with E-state index in [0.29, 0.717) is 23.9 Å². The van der Waals surface area contributed by atoms with Gasteiger partial charge >= 0.3 is 7.82 Å². The van der Waals surface area contributed by atoms with E-state index in [0.717, 1.165) is 38.5 Å². The van der Waals surface area contributed by atoms with Crippen LogP contribution in [0.25, 0.3) is 0 Å². The number of hydrogen-bond acceptors (Lipinski definition) is 5. The summed E-state index contributed by atoms with van der Waals surface area (Å²) in [6.07, 6.45) is 44.1. The molecule has 9 heteroatoms. The lowest BCUT2D eigenvalue weighted by atomic mass is 10.0. The number of phosphoric acid groups is 1. The smallest absolute Gasteiger partial charge is 0.391 e. The van der Waals surface area contributed by atoms with Crippen LogP contribution in [0.4, 0.5) is 0 Å². The van der Waals surface area contributed by atoms with Crippen LogP contribution < -0.4 is 5.32 Å². The minimum absolute atomic E-state index is 0.0788. The number of carbonyl (C=O) groups excluding carboxylic acids is 1. The monoisotopic (exact) mass is 818 g/mol. The van der Waals surface area contributed by atoms with Crippen molar-refractivity contribution in [1.29, 1.82) is 0 Å². The van der Waals surface area contributed by atoms with Crippen molar-refractivity contribution in [2.24, 2.45) is 0 Å². The zero-order valence-corrected chi connectivity index (χ0v) is 39.0. The summed E-state index contributed by atoms with van der Waals surface area (Å²) in [5.41, 5.74) is 0. The van der Waals surface area contributed by atoms with Gasteiger partial charge in [-0.1, -0.05) is 226 Å².